The van der Waals surface area contributed by atoms with E-state index in [2.05, 4.69) is 20.7 Å². The van der Waals surface area contributed by atoms with Crippen LogP contribution >= 0.6 is 23.2 Å². The molecule has 3 aromatic rings. The number of hydrogen-bond donors (Lipinski definition) is 0. The molecule has 4 nitrogen and oxygen atoms in total. The standard InChI is InChI=1S/C15H16Cl2N4/c16-7-6-14-19-15-12(17)4-1-5-13(15)21(14)11-3-10-20-9-2-8-18-20/h1-2,4-5,8-9H,3,6-7,10-11H2. The first-order chi connectivity index (χ1) is 10.3. The molecule has 0 bridgehead atoms. The quantitative estimate of drug-likeness (QED) is 0.648. The zero-order chi connectivity index (χ0) is 14.7. The number of aryl methyl sites for hydroxylation is 3. The molecule has 0 fully saturated rings. The predicted molar refractivity (Wildman–Crippen MR) is 86.0 cm³/mol. The predicted octanol–water partition coefficient (Wildman–Crippen LogP) is 3.76. The van der Waals surface area contributed by atoms with Gasteiger partial charge in [-0.2, -0.15) is 5.10 Å². The fourth-order valence-corrected chi connectivity index (χ4v) is 2.89. The third-order valence-corrected chi connectivity index (χ3v) is 3.95. The van der Waals surface area contributed by atoms with Crippen LogP contribution in [0.5, 0.6) is 0 Å². The van der Waals surface area contributed by atoms with E-state index in [0.29, 0.717) is 10.9 Å². The minimum Gasteiger partial charge on any atom is -0.328 e. The Morgan fingerprint density at radius 1 is 1.14 bits per heavy atom. The molecular formula is C15H16Cl2N4. The number of halogens is 2. The summed E-state index contributed by atoms with van der Waals surface area (Å²) in [6, 6.07) is 7.82. The van der Waals surface area contributed by atoms with Crippen molar-refractivity contribution in [2.75, 3.05) is 5.88 Å². The average molecular weight is 323 g/mol. The highest BCUT2D eigenvalue weighted by Crippen LogP contribution is 2.24. The minimum absolute atomic E-state index is 0.556. The van der Waals surface area contributed by atoms with Gasteiger partial charge < -0.3 is 4.57 Å². The number of hydrogen-bond acceptors (Lipinski definition) is 2. The largest absolute Gasteiger partial charge is 0.328 e. The molecule has 0 amide bonds. The number of imidazole rings is 1. The Bertz CT molecular complexity index is 719. The van der Waals surface area contributed by atoms with Crippen LogP contribution in [0, 0.1) is 0 Å². The van der Waals surface area contributed by atoms with Crippen molar-refractivity contribution < 1.29 is 0 Å². The van der Waals surface area contributed by atoms with E-state index in [1.807, 2.05) is 29.1 Å². The van der Waals surface area contributed by atoms with E-state index in [-0.39, 0.29) is 0 Å². The Kier molecular flexibility index (Phi) is 4.46. The highest BCUT2D eigenvalue weighted by atomic mass is 35.5. The number of aromatic nitrogens is 4. The van der Waals surface area contributed by atoms with Crippen molar-refractivity contribution in [1.29, 1.82) is 0 Å². The lowest BCUT2D eigenvalue weighted by Gasteiger charge is -2.08. The molecule has 0 unspecified atom stereocenters. The molecule has 0 aliphatic heterocycles. The van der Waals surface area contributed by atoms with Gasteiger partial charge in [0.05, 0.1) is 10.5 Å². The molecule has 1 aromatic carbocycles. The molecular weight excluding hydrogens is 307 g/mol. The topological polar surface area (TPSA) is 35.6 Å². The number of fused-ring (bicyclic) bond motifs is 1. The number of alkyl halides is 1. The highest BCUT2D eigenvalue weighted by molar-refractivity contribution is 6.34. The molecule has 0 aliphatic carbocycles. The fraction of sp³-hybridized carbons (Fsp3) is 0.333. The number of nitrogens with zero attached hydrogens (tertiary/aromatic N) is 4. The van der Waals surface area contributed by atoms with E-state index < -0.39 is 0 Å². The average Bonchev–Trinajstić information content (AvgIpc) is 3.09. The van der Waals surface area contributed by atoms with Crippen LogP contribution in [-0.2, 0) is 19.5 Å². The van der Waals surface area contributed by atoms with Crippen LogP contribution in [0.1, 0.15) is 12.2 Å². The number of rotatable bonds is 6. The maximum Gasteiger partial charge on any atom is 0.111 e. The molecule has 3 rings (SSSR count). The molecule has 0 saturated carbocycles. The molecule has 2 heterocycles. The smallest absolute Gasteiger partial charge is 0.111 e. The van der Waals surface area contributed by atoms with Crippen molar-refractivity contribution in [3.05, 3.63) is 47.5 Å². The molecule has 21 heavy (non-hydrogen) atoms. The van der Waals surface area contributed by atoms with Crippen LogP contribution in [0.25, 0.3) is 11.0 Å². The first kappa shape index (κ1) is 14.4. The second kappa shape index (κ2) is 6.50. The molecule has 0 saturated heterocycles. The lowest BCUT2D eigenvalue weighted by atomic mass is 10.3. The van der Waals surface area contributed by atoms with Gasteiger partial charge in [0.25, 0.3) is 0 Å². The van der Waals surface area contributed by atoms with Crippen LogP contribution in [-0.4, -0.2) is 25.2 Å². The molecule has 2 aromatic heterocycles. The van der Waals surface area contributed by atoms with Crippen molar-refractivity contribution >= 4 is 34.2 Å². The Morgan fingerprint density at radius 2 is 2.05 bits per heavy atom. The summed E-state index contributed by atoms with van der Waals surface area (Å²) in [5.41, 5.74) is 1.93. The zero-order valence-electron chi connectivity index (χ0n) is 11.5. The van der Waals surface area contributed by atoms with E-state index >= 15 is 0 Å². The van der Waals surface area contributed by atoms with Crippen LogP contribution in [0.15, 0.2) is 36.7 Å². The highest BCUT2D eigenvalue weighted by Gasteiger charge is 2.12. The third-order valence-electron chi connectivity index (χ3n) is 3.45. The monoisotopic (exact) mass is 322 g/mol. The van der Waals surface area contributed by atoms with E-state index in [0.717, 1.165) is 42.8 Å². The van der Waals surface area contributed by atoms with Crippen molar-refractivity contribution in [1.82, 2.24) is 19.3 Å². The normalized spacial score (nSPS) is 11.3. The Balaban J connectivity index is 1.84. The van der Waals surface area contributed by atoms with Crippen LogP contribution < -0.4 is 0 Å². The van der Waals surface area contributed by atoms with Gasteiger partial charge in [-0.05, 0) is 24.6 Å². The van der Waals surface area contributed by atoms with E-state index in [4.69, 9.17) is 23.2 Å². The summed E-state index contributed by atoms with van der Waals surface area (Å²) in [6.45, 7) is 1.76. The van der Waals surface area contributed by atoms with Crippen molar-refractivity contribution in [3.63, 3.8) is 0 Å². The van der Waals surface area contributed by atoms with Crippen molar-refractivity contribution in [3.8, 4) is 0 Å². The SMILES string of the molecule is ClCCc1nc2c(Cl)cccc2n1CCCn1cccn1. The molecule has 0 aliphatic rings. The van der Waals surface area contributed by atoms with Gasteiger partial charge in [-0.3, -0.25) is 4.68 Å². The zero-order valence-corrected chi connectivity index (χ0v) is 13.1. The molecule has 0 spiro atoms. The fourth-order valence-electron chi connectivity index (χ4n) is 2.51. The first-order valence-electron chi connectivity index (χ1n) is 6.96. The Labute approximate surface area is 133 Å². The summed E-state index contributed by atoms with van der Waals surface area (Å²) in [5, 5.41) is 4.91. The Hall–Kier alpha value is -1.52. The maximum absolute atomic E-state index is 6.23. The summed E-state index contributed by atoms with van der Waals surface area (Å²) in [4.78, 5) is 4.64. The van der Waals surface area contributed by atoms with Gasteiger partial charge in [-0.1, -0.05) is 17.7 Å². The van der Waals surface area contributed by atoms with Crippen LogP contribution in [0.3, 0.4) is 0 Å². The van der Waals surface area contributed by atoms with Gasteiger partial charge in [0.15, 0.2) is 0 Å². The number of para-hydroxylation sites is 1. The van der Waals surface area contributed by atoms with Crippen molar-refractivity contribution in [2.24, 2.45) is 0 Å². The lowest BCUT2D eigenvalue weighted by Crippen LogP contribution is -2.08. The summed E-state index contributed by atoms with van der Waals surface area (Å²) in [5.74, 6) is 1.55. The minimum atomic E-state index is 0.556. The summed E-state index contributed by atoms with van der Waals surface area (Å²) in [6.07, 6.45) is 5.50. The van der Waals surface area contributed by atoms with Gasteiger partial charge in [0.2, 0.25) is 0 Å². The van der Waals surface area contributed by atoms with Gasteiger partial charge in [-0.15, -0.1) is 11.6 Å². The summed E-state index contributed by atoms with van der Waals surface area (Å²) in [7, 11) is 0. The van der Waals surface area contributed by atoms with Crippen molar-refractivity contribution in [2.45, 2.75) is 25.9 Å². The van der Waals surface area contributed by atoms with E-state index in [1.165, 1.54) is 0 Å². The molecule has 110 valence electrons. The van der Waals surface area contributed by atoms with Gasteiger partial charge in [0.1, 0.15) is 11.3 Å². The number of benzene rings is 1. The second-order valence-electron chi connectivity index (χ2n) is 4.85. The second-order valence-corrected chi connectivity index (χ2v) is 5.63. The molecule has 0 N–H and O–H groups in total. The first-order valence-corrected chi connectivity index (χ1v) is 7.88. The third kappa shape index (κ3) is 3.06. The molecule has 0 radical (unpaired) electrons. The van der Waals surface area contributed by atoms with Gasteiger partial charge >= 0.3 is 0 Å². The van der Waals surface area contributed by atoms with Gasteiger partial charge in [-0.25, -0.2) is 4.98 Å². The van der Waals surface area contributed by atoms with E-state index in [9.17, 15) is 0 Å². The maximum atomic E-state index is 6.23. The van der Waals surface area contributed by atoms with Crippen LogP contribution in [0.2, 0.25) is 5.02 Å². The molecule has 6 heteroatoms. The lowest BCUT2D eigenvalue weighted by molar-refractivity contribution is 0.524. The molecule has 0 atom stereocenters. The Morgan fingerprint density at radius 3 is 2.81 bits per heavy atom. The van der Waals surface area contributed by atoms with Gasteiger partial charge in [0, 0.05) is 37.8 Å². The van der Waals surface area contributed by atoms with Crippen LogP contribution in [0.4, 0.5) is 0 Å². The summed E-state index contributed by atoms with van der Waals surface area (Å²) < 4.78 is 4.15. The van der Waals surface area contributed by atoms with E-state index in [1.54, 1.807) is 6.20 Å². The summed E-state index contributed by atoms with van der Waals surface area (Å²) >= 11 is 12.1.